The van der Waals surface area contributed by atoms with Crippen molar-refractivity contribution in [3.63, 3.8) is 0 Å². The van der Waals surface area contributed by atoms with E-state index in [0.717, 1.165) is 0 Å². The predicted octanol–water partition coefficient (Wildman–Crippen LogP) is 3.41. The van der Waals surface area contributed by atoms with E-state index in [4.69, 9.17) is 0 Å². The Hall–Kier alpha value is -1.50. The van der Waals surface area contributed by atoms with Gasteiger partial charge < -0.3 is 4.57 Å². The first kappa shape index (κ1) is 9.07. The highest BCUT2D eigenvalue weighted by Gasteiger charge is 2.07. The van der Waals surface area contributed by atoms with E-state index >= 15 is 0 Å². The lowest BCUT2D eigenvalue weighted by atomic mass is 10.1. The Balaban J connectivity index is 2.34. The monoisotopic (exact) mass is 185 g/mol. The molecule has 0 radical (unpaired) electrons. The second-order valence-corrected chi connectivity index (χ2v) is 3.64. The number of hydrogen-bond donors (Lipinski definition) is 0. The van der Waals surface area contributed by atoms with Gasteiger partial charge in [0.1, 0.15) is 0 Å². The summed E-state index contributed by atoms with van der Waals surface area (Å²) in [6, 6.07) is 15.2. The number of nitrogens with zero attached hydrogens (tertiary/aromatic N) is 1. The number of rotatable bonds is 2. The standard InChI is InChI=1S/C13H15N/c1-11-7-6-10-14(11)12(2)13-8-4-3-5-9-13/h3-10,12H,1-2H3. The van der Waals surface area contributed by atoms with Gasteiger partial charge in [-0.3, -0.25) is 0 Å². The zero-order valence-electron chi connectivity index (χ0n) is 8.64. The molecule has 2 aromatic rings. The van der Waals surface area contributed by atoms with Gasteiger partial charge in [-0.2, -0.15) is 0 Å². The average molecular weight is 185 g/mol. The van der Waals surface area contributed by atoms with Crippen LogP contribution in [0, 0.1) is 6.92 Å². The molecular weight excluding hydrogens is 170 g/mol. The van der Waals surface area contributed by atoms with E-state index in [-0.39, 0.29) is 0 Å². The molecule has 1 aromatic heterocycles. The van der Waals surface area contributed by atoms with E-state index in [0.29, 0.717) is 6.04 Å². The zero-order chi connectivity index (χ0) is 9.97. The van der Waals surface area contributed by atoms with Crippen molar-refractivity contribution >= 4 is 0 Å². The van der Waals surface area contributed by atoms with E-state index in [1.165, 1.54) is 11.3 Å². The number of aryl methyl sites for hydroxylation is 1. The second kappa shape index (κ2) is 3.70. The molecule has 0 N–H and O–H groups in total. The van der Waals surface area contributed by atoms with E-state index in [9.17, 15) is 0 Å². The molecule has 0 saturated carbocycles. The fraction of sp³-hybridized carbons (Fsp3) is 0.231. The van der Waals surface area contributed by atoms with Crippen LogP contribution in [0.2, 0.25) is 0 Å². The van der Waals surface area contributed by atoms with E-state index < -0.39 is 0 Å². The predicted molar refractivity (Wildman–Crippen MR) is 59.4 cm³/mol. The van der Waals surface area contributed by atoms with Crippen LogP contribution in [0.15, 0.2) is 48.7 Å². The van der Waals surface area contributed by atoms with Crippen molar-refractivity contribution in [1.82, 2.24) is 4.57 Å². The molecule has 1 aromatic carbocycles. The Morgan fingerprint density at radius 1 is 1.00 bits per heavy atom. The summed E-state index contributed by atoms with van der Waals surface area (Å²) in [6.45, 7) is 4.36. The van der Waals surface area contributed by atoms with Crippen LogP contribution in [-0.2, 0) is 0 Å². The van der Waals surface area contributed by atoms with Crippen LogP contribution in [0.5, 0.6) is 0 Å². The van der Waals surface area contributed by atoms with Gasteiger partial charge in [-0.15, -0.1) is 0 Å². The summed E-state index contributed by atoms with van der Waals surface area (Å²) in [4.78, 5) is 0. The maximum atomic E-state index is 2.29. The number of hydrogen-bond acceptors (Lipinski definition) is 0. The third-order valence-electron chi connectivity index (χ3n) is 2.69. The topological polar surface area (TPSA) is 4.93 Å². The maximum Gasteiger partial charge on any atom is 0.0554 e. The SMILES string of the molecule is Cc1cccn1C(C)c1ccccc1. The first-order valence-electron chi connectivity index (χ1n) is 4.97. The lowest BCUT2D eigenvalue weighted by Crippen LogP contribution is -2.06. The van der Waals surface area contributed by atoms with Crippen molar-refractivity contribution in [3.05, 3.63) is 59.9 Å². The van der Waals surface area contributed by atoms with Crippen LogP contribution < -0.4 is 0 Å². The summed E-state index contributed by atoms with van der Waals surface area (Å²) in [5.41, 5.74) is 2.66. The Kier molecular flexibility index (Phi) is 2.40. The van der Waals surface area contributed by atoms with Crippen LogP contribution >= 0.6 is 0 Å². The summed E-state index contributed by atoms with van der Waals surface area (Å²) < 4.78 is 2.29. The molecule has 1 atom stereocenters. The highest BCUT2D eigenvalue weighted by Crippen LogP contribution is 2.19. The van der Waals surface area contributed by atoms with Crippen molar-refractivity contribution in [2.24, 2.45) is 0 Å². The molecule has 1 nitrogen and oxygen atoms in total. The number of benzene rings is 1. The Morgan fingerprint density at radius 2 is 1.71 bits per heavy atom. The van der Waals surface area contributed by atoms with E-state index in [1.54, 1.807) is 0 Å². The summed E-state index contributed by atoms with van der Waals surface area (Å²) in [5, 5.41) is 0. The molecule has 14 heavy (non-hydrogen) atoms. The highest BCUT2D eigenvalue weighted by molar-refractivity contribution is 5.21. The van der Waals surface area contributed by atoms with Crippen LogP contribution in [-0.4, -0.2) is 4.57 Å². The molecule has 0 aliphatic carbocycles. The highest BCUT2D eigenvalue weighted by atomic mass is 15.0. The van der Waals surface area contributed by atoms with Gasteiger partial charge in [-0.25, -0.2) is 0 Å². The van der Waals surface area contributed by atoms with Gasteiger partial charge in [-0.1, -0.05) is 30.3 Å². The van der Waals surface area contributed by atoms with Crippen molar-refractivity contribution < 1.29 is 0 Å². The fourth-order valence-corrected chi connectivity index (χ4v) is 1.81. The number of aromatic nitrogens is 1. The average Bonchev–Trinajstić information content (AvgIpc) is 2.65. The fourth-order valence-electron chi connectivity index (χ4n) is 1.81. The second-order valence-electron chi connectivity index (χ2n) is 3.64. The van der Waals surface area contributed by atoms with Gasteiger partial charge >= 0.3 is 0 Å². The van der Waals surface area contributed by atoms with Crippen LogP contribution in [0.1, 0.15) is 24.2 Å². The molecule has 0 saturated heterocycles. The van der Waals surface area contributed by atoms with Gasteiger partial charge in [0.2, 0.25) is 0 Å². The maximum absolute atomic E-state index is 2.29. The molecule has 1 heteroatoms. The van der Waals surface area contributed by atoms with Crippen molar-refractivity contribution in [3.8, 4) is 0 Å². The minimum Gasteiger partial charge on any atom is -0.345 e. The van der Waals surface area contributed by atoms with Gasteiger partial charge in [0.25, 0.3) is 0 Å². The zero-order valence-corrected chi connectivity index (χ0v) is 8.64. The van der Waals surface area contributed by atoms with Crippen LogP contribution in [0.4, 0.5) is 0 Å². The van der Waals surface area contributed by atoms with Crippen LogP contribution in [0.3, 0.4) is 0 Å². The first-order chi connectivity index (χ1) is 6.79. The Labute approximate surface area is 85.0 Å². The molecule has 0 fully saturated rings. The first-order valence-corrected chi connectivity index (χ1v) is 4.97. The van der Waals surface area contributed by atoms with Gasteiger partial charge in [0, 0.05) is 11.9 Å². The van der Waals surface area contributed by atoms with E-state index in [1.807, 2.05) is 0 Å². The summed E-state index contributed by atoms with van der Waals surface area (Å²) in [7, 11) is 0. The van der Waals surface area contributed by atoms with Crippen molar-refractivity contribution in [2.75, 3.05) is 0 Å². The summed E-state index contributed by atoms with van der Waals surface area (Å²) >= 11 is 0. The molecule has 0 spiro atoms. The molecule has 0 bridgehead atoms. The lowest BCUT2D eigenvalue weighted by molar-refractivity contribution is 0.626. The normalized spacial score (nSPS) is 12.7. The smallest absolute Gasteiger partial charge is 0.0554 e. The van der Waals surface area contributed by atoms with Crippen molar-refractivity contribution in [1.29, 1.82) is 0 Å². The lowest BCUT2D eigenvalue weighted by Gasteiger charge is -2.16. The molecule has 2 rings (SSSR count). The molecule has 0 aliphatic heterocycles. The largest absolute Gasteiger partial charge is 0.345 e. The summed E-state index contributed by atoms with van der Waals surface area (Å²) in [6.07, 6.45) is 2.13. The minimum absolute atomic E-state index is 0.422. The Morgan fingerprint density at radius 3 is 2.29 bits per heavy atom. The third kappa shape index (κ3) is 1.58. The summed E-state index contributed by atoms with van der Waals surface area (Å²) in [5.74, 6) is 0. The third-order valence-corrected chi connectivity index (χ3v) is 2.69. The van der Waals surface area contributed by atoms with Crippen LogP contribution in [0.25, 0.3) is 0 Å². The molecule has 72 valence electrons. The molecule has 1 unspecified atom stereocenters. The Bertz CT molecular complexity index is 400. The van der Waals surface area contributed by atoms with Crippen molar-refractivity contribution in [2.45, 2.75) is 19.9 Å². The van der Waals surface area contributed by atoms with Gasteiger partial charge in [-0.05, 0) is 31.5 Å². The molecule has 0 aliphatic rings. The van der Waals surface area contributed by atoms with Gasteiger partial charge in [0.15, 0.2) is 0 Å². The van der Waals surface area contributed by atoms with Gasteiger partial charge in [0.05, 0.1) is 6.04 Å². The molecular formula is C13H15N. The minimum atomic E-state index is 0.422. The van der Waals surface area contributed by atoms with E-state index in [2.05, 4.69) is 67.1 Å². The quantitative estimate of drug-likeness (QED) is 0.675. The molecule has 0 amide bonds. The molecule has 1 heterocycles.